The van der Waals surface area contributed by atoms with Crippen molar-refractivity contribution in [1.29, 1.82) is 0 Å². The lowest BCUT2D eigenvalue weighted by molar-refractivity contribution is -0.122. The Morgan fingerprint density at radius 1 is 1.36 bits per heavy atom. The lowest BCUT2D eigenvalue weighted by Crippen LogP contribution is -2.29. The molecule has 0 aliphatic rings. The molecule has 3 aromatic heterocycles. The van der Waals surface area contributed by atoms with Gasteiger partial charge in [0, 0.05) is 42.9 Å². The first-order chi connectivity index (χ1) is 12.1. The van der Waals surface area contributed by atoms with Crippen molar-refractivity contribution < 1.29 is 4.79 Å². The van der Waals surface area contributed by atoms with Crippen LogP contribution in [-0.2, 0) is 17.8 Å². The Morgan fingerprint density at radius 2 is 2.24 bits per heavy atom. The van der Waals surface area contributed by atoms with Crippen LogP contribution in [0.3, 0.4) is 0 Å². The van der Waals surface area contributed by atoms with Crippen LogP contribution >= 0.6 is 22.7 Å². The van der Waals surface area contributed by atoms with Crippen molar-refractivity contribution >= 4 is 28.6 Å². The first-order valence-electron chi connectivity index (χ1n) is 8.32. The number of thiazole rings is 1. The second-order valence-electron chi connectivity index (χ2n) is 6.05. The van der Waals surface area contributed by atoms with E-state index in [-0.39, 0.29) is 11.9 Å². The van der Waals surface area contributed by atoms with Crippen LogP contribution in [0.2, 0.25) is 0 Å². The molecule has 0 saturated heterocycles. The first-order valence-corrected chi connectivity index (χ1v) is 10.1. The third kappa shape index (κ3) is 4.99. The molecule has 3 aromatic rings. The molecule has 7 heteroatoms. The van der Waals surface area contributed by atoms with E-state index in [1.807, 2.05) is 25.4 Å². The van der Waals surface area contributed by atoms with E-state index in [4.69, 9.17) is 0 Å². The molecule has 5 nitrogen and oxygen atoms in total. The van der Waals surface area contributed by atoms with Crippen LogP contribution in [0.25, 0.3) is 0 Å². The fourth-order valence-corrected chi connectivity index (χ4v) is 4.22. The van der Waals surface area contributed by atoms with Crippen molar-refractivity contribution in [3.05, 3.63) is 56.7 Å². The van der Waals surface area contributed by atoms with Crippen LogP contribution in [0, 0.1) is 13.8 Å². The number of nitrogens with one attached hydrogen (secondary N) is 1. The maximum Gasteiger partial charge on any atom is 0.220 e. The molecule has 3 heterocycles. The average molecular weight is 375 g/mol. The number of thiophene rings is 1. The maximum absolute atomic E-state index is 12.4. The Morgan fingerprint density at radius 3 is 2.88 bits per heavy atom. The smallest absolute Gasteiger partial charge is 0.220 e. The summed E-state index contributed by atoms with van der Waals surface area (Å²) in [7, 11) is 0. The number of carbonyl (C=O) groups is 1. The third-order valence-electron chi connectivity index (χ3n) is 4.02. The number of nitrogens with zero attached hydrogens (tertiary/aromatic N) is 3. The van der Waals surface area contributed by atoms with Crippen LogP contribution in [0.4, 0.5) is 0 Å². The number of aryl methyl sites for hydroxylation is 3. The van der Waals surface area contributed by atoms with Crippen LogP contribution < -0.4 is 5.32 Å². The molecule has 0 spiro atoms. The maximum atomic E-state index is 12.4. The van der Waals surface area contributed by atoms with Crippen molar-refractivity contribution in [2.24, 2.45) is 0 Å². The number of hydrogen-bond donors (Lipinski definition) is 1. The molecule has 0 saturated carbocycles. The van der Waals surface area contributed by atoms with Crippen molar-refractivity contribution in [3.8, 4) is 0 Å². The number of hydrogen-bond acceptors (Lipinski definition) is 5. The zero-order valence-electron chi connectivity index (χ0n) is 14.4. The second-order valence-corrected chi connectivity index (χ2v) is 7.72. The summed E-state index contributed by atoms with van der Waals surface area (Å²) in [6, 6.07) is 2.04. The second kappa shape index (κ2) is 8.40. The summed E-state index contributed by atoms with van der Waals surface area (Å²) in [5.74, 6) is 1.06. The minimum Gasteiger partial charge on any atom is -0.347 e. The van der Waals surface area contributed by atoms with Gasteiger partial charge in [-0.1, -0.05) is 0 Å². The third-order valence-corrected chi connectivity index (χ3v) is 5.82. The van der Waals surface area contributed by atoms with Gasteiger partial charge in [-0.3, -0.25) is 4.79 Å². The summed E-state index contributed by atoms with van der Waals surface area (Å²) in [6.07, 6.45) is 5.82. The van der Waals surface area contributed by atoms with E-state index in [1.165, 1.54) is 5.56 Å². The van der Waals surface area contributed by atoms with Gasteiger partial charge in [-0.05, 0) is 42.7 Å². The zero-order valence-corrected chi connectivity index (χ0v) is 16.1. The van der Waals surface area contributed by atoms with Crippen LogP contribution in [-0.4, -0.2) is 20.4 Å². The number of carbonyl (C=O) groups excluding carboxylic acids is 1. The molecule has 0 aliphatic heterocycles. The molecular weight excluding hydrogens is 352 g/mol. The molecule has 0 aromatic carbocycles. The Balaban J connectivity index is 1.57. The normalized spacial score (nSPS) is 12.2. The molecule has 0 radical (unpaired) electrons. The van der Waals surface area contributed by atoms with Gasteiger partial charge in [0.05, 0.1) is 6.04 Å². The lowest BCUT2D eigenvalue weighted by Gasteiger charge is -2.16. The number of rotatable bonds is 8. The summed E-state index contributed by atoms with van der Waals surface area (Å²) in [6.45, 7) is 4.77. The zero-order chi connectivity index (χ0) is 17.6. The predicted octanol–water partition coefficient (Wildman–Crippen LogP) is 3.90. The minimum atomic E-state index is -0.0595. The molecule has 25 heavy (non-hydrogen) atoms. The van der Waals surface area contributed by atoms with Crippen LogP contribution in [0.1, 0.15) is 41.0 Å². The molecule has 1 atom stereocenters. The fraction of sp³-hybridized carbons (Fsp3) is 0.389. The van der Waals surface area contributed by atoms with Gasteiger partial charge in [0.1, 0.15) is 10.8 Å². The molecule has 132 valence electrons. The standard InChI is InChI=1S/C18H22N4OS2/c1-13-11-25-18(20-13)16(10-15-5-9-24-12-15)21-17(23)4-3-7-22-8-6-19-14(22)2/h5-6,8-9,11-12,16H,3-4,7,10H2,1-2H3,(H,21,23)/t16-/m0/s1. The molecule has 1 N–H and O–H groups in total. The van der Waals surface area contributed by atoms with Crippen molar-refractivity contribution in [2.75, 3.05) is 0 Å². The summed E-state index contributed by atoms with van der Waals surface area (Å²) in [4.78, 5) is 21.2. The van der Waals surface area contributed by atoms with Crippen LogP contribution in [0.5, 0.6) is 0 Å². The molecule has 0 unspecified atom stereocenters. The van der Waals surface area contributed by atoms with E-state index in [2.05, 4.69) is 36.7 Å². The van der Waals surface area contributed by atoms with E-state index < -0.39 is 0 Å². The summed E-state index contributed by atoms with van der Waals surface area (Å²) in [5.41, 5.74) is 2.23. The number of imidazole rings is 1. The quantitative estimate of drug-likeness (QED) is 0.650. The largest absolute Gasteiger partial charge is 0.347 e. The van der Waals surface area contributed by atoms with Crippen molar-refractivity contribution in [3.63, 3.8) is 0 Å². The Hall–Kier alpha value is -1.99. The van der Waals surface area contributed by atoms with Crippen LogP contribution in [0.15, 0.2) is 34.6 Å². The minimum absolute atomic E-state index is 0.0595. The van der Waals surface area contributed by atoms with Gasteiger partial charge in [0.2, 0.25) is 5.91 Å². The topological polar surface area (TPSA) is 59.8 Å². The number of aromatic nitrogens is 3. The van der Waals surface area contributed by atoms with Gasteiger partial charge >= 0.3 is 0 Å². The summed E-state index contributed by atoms with van der Waals surface area (Å²) >= 11 is 3.29. The average Bonchev–Trinajstić information content (AvgIpc) is 3.31. The molecule has 0 aliphatic carbocycles. The van der Waals surface area contributed by atoms with Gasteiger partial charge in [0.15, 0.2) is 0 Å². The molecule has 0 fully saturated rings. The predicted molar refractivity (Wildman–Crippen MR) is 102 cm³/mol. The lowest BCUT2D eigenvalue weighted by atomic mass is 10.1. The summed E-state index contributed by atoms with van der Waals surface area (Å²) < 4.78 is 2.07. The van der Waals surface area contributed by atoms with Crippen molar-refractivity contribution in [1.82, 2.24) is 19.9 Å². The highest BCUT2D eigenvalue weighted by Gasteiger charge is 2.18. The summed E-state index contributed by atoms with van der Waals surface area (Å²) in [5, 5.41) is 10.4. The Kier molecular flexibility index (Phi) is 5.99. The first kappa shape index (κ1) is 17.8. The highest BCUT2D eigenvalue weighted by molar-refractivity contribution is 7.09. The van der Waals surface area contributed by atoms with E-state index in [0.29, 0.717) is 6.42 Å². The highest BCUT2D eigenvalue weighted by atomic mass is 32.1. The molecule has 0 bridgehead atoms. The molecular formula is C18H22N4OS2. The number of amides is 1. The molecule has 3 rings (SSSR count). The Labute approximate surface area is 155 Å². The monoisotopic (exact) mass is 374 g/mol. The van der Waals surface area contributed by atoms with Gasteiger partial charge in [0.25, 0.3) is 0 Å². The van der Waals surface area contributed by atoms with E-state index in [0.717, 1.165) is 35.9 Å². The van der Waals surface area contributed by atoms with E-state index >= 15 is 0 Å². The SMILES string of the molecule is Cc1csc([C@H](Cc2ccsc2)NC(=O)CCCn2ccnc2C)n1. The Bertz CT molecular complexity index is 807. The van der Waals surface area contributed by atoms with Crippen molar-refractivity contribution in [2.45, 2.75) is 45.7 Å². The van der Waals surface area contributed by atoms with E-state index in [1.54, 1.807) is 28.9 Å². The fourth-order valence-electron chi connectivity index (χ4n) is 2.69. The van der Waals surface area contributed by atoms with Gasteiger partial charge in [-0.25, -0.2) is 9.97 Å². The van der Waals surface area contributed by atoms with Gasteiger partial charge in [-0.2, -0.15) is 11.3 Å². The highest BCUT2D eigenvalue weighted by Crippen LogP contribution is 2.23. The van der Waals surface area contributed by atoms with E-state index in [9.17, 15) is 4.79 Å². The van der Waals surface area contributed by atoms with Gasteiger partial charge in [-0.15, -0.1) is 11.3 Å². The van der Waals surface area contributed by atoms with Gasteiger partial charge < -0.3 is 9.88 Å². The molecule has 1 amide bonds.